The van der Waals surface area contributed by atoms with E-state index in [0.29, 0.717) is 0 Å². The maximum Gasteiger partial charge on any atom is 0.355 e. The third kappa shape index (κ3) is 6.32. The van der Waals surface area contributed by atoms with E-state index in [4.69, 9.17) is 4.12 Å². The van der Waals surface area contributed by atoms with E-state index >= 15 is 0 Å². The maximum absolute atomic E-state index is 12.1. The van der Waals surface area contributed by atoms with Crippen molar-refractivity contribution in [3.05, 3.63) is 0 Å². The Labute approximate surface area is 52.9 Å². The number of rotatable bonds is 2. The van der Waals surface area contributed by atoms with Crippen molar-refractivity contribution in [1.82, 2.24) is 0 Å². The van der Waals surface area contributed by atoms with E-state index in [9.17, 15) is 4.11 Å². The topological polar surface area (TPSA) is 9.23 Å². The molecule has 0 fully saturated rings. The first-order valence-electron chi connectivity index (χ1n) is 2.74. The van der Waals surface area contributed by atoms with E-state index < -0.39 is 17.7 Å². The summed E-state index contributed by atoms with van der Waals surface area (Å²) in [6.07, 6.45) is 0. The highest BCUT2D eigenvalue weighted by atomic mass is 28.4. The van der Waals surface area contributed by atoms with Crippen LogP contribution in [0.1, 0.15) is 0 Å². The molecule has 0 spiro atoms. The Morgan fingerprint density at radius 1 is 1.38 bits per heavy atom. The molecule has 0 aliphatic rings. The summed E-state index contributed by atoms with van der Waals surface area (Å²) in [6, 6.07) is 0. The highest BCUT2D eigenvalue weighted by Crippen LogP contribution is 2.04. The van der Waals surface area contributed by atoms with Crippen LogP contribution >= 0.6 is 0 Å². The lowest BCUT2D eigenvalue weighted by molar-refractivity contribution is 0.509. The molecular weight excluding hydrogens is 139 g/mol. The Kier molecular flexibility index (Phi) is 2.86. The van der Waals surface area contributed by atoms with Crippen LogP contribution in [0.3, 0.4) is 0 Å². The molecule has 0 bridgehead atoms. The molecule has 0 N–H and O–H groups in total. The van der Waals surface area contributed by atoms with Crippen molar-refractivity contribution in [1.29, 1.82) is 0 Å². The van der Waals surface area contributed by atoms with Gasteiger partial charge in [-0.25, -0.2) is 0 Å². The molecule has 1 unspecified atom stereocenters. The predicted octanol–water partition coefficient (Wildman–Crippen LogP) is 1.66. The van der Waals surface area contributed by atoms with E-state index in [-0.39, 0.29) is 0 Å². The number of hydrogen-bond acceptors (Lipinski definition) is 1. The van der Waals surface area contributed by atoms with Gasteiger partial charge >= 0.3 is 9.37 Å². The molecule has 0 heterocycles. The van der Waals surface area contributed by atoms with Crippen LogP contribution in [0.2, 0.25) is 26.2 Å². The average Bonchev–Trinajstić information content (AvgIpc) is 1.21. The van der Waals surface area contributed by atoms with Crippen molar-refractivity contribution >= 4 is 17.7 Å². The zero-order valence-electron chi connectivity index (χ0n) is 5.86. The first-order valence-corrected chi connectivity index (χ1v) is 8.21. The van der Waals surface area contributed by atoms with Crippen LogP contribution in [-0.2, 0) is 4.12 Å². The van der Waals surface area contributed by atoms with Crippen LogP contribution in [0, 0.1) is 0 Å². The fourth-order valence-electron chi connectivity index (χ4n) is 0.487. The normalized spacial score (nSPS) is 16.1. The lowest BCUT2D eigenvalue weighted by Gasteiger charge is -2.17. The summed E-state index contributed by atoms with van der Waals surface area (Å²) in [6.45, 7) is 7.54. The Hall–Kier alpha value is 0.324. The summed E-state index contributed by atoms with van der Waals surface area (Å²) < 4.78 is 17.2. The number of hydrogen-bond donors (Lipinski definition) is 0. The molecule has 0 saturated heterocycles. The molecule has 0 aromatic heterocycles. The highest BCUT2D eigenvalue weighted by Gasteiger charge is 2.17. The molecule has 0 radical (unpaired) electrons. The third-order valence-corrected chi connectivity index (χ3v) is 4.64. The van der Waals surface area contributed by atoms with E-state index in [2.05, 4.69) is 0 Å². The molecule has 1 nitrogen and oxygen atoms in total. The second-order valence-electron chi connectivity index (χ2n) is 2.77. The molecule has 4 heteroatoms. The molecule has 1 atom stereocenters. The van der Waals surface area contributed by atoms with Gasteiger partial charge in [0.15, 0.2) is 8.32 Å². The van der Waals surface area contributed by atoms with Gasteiger partial charge in [0.05, 0.1) is 0 Å². The second kappa shape index (κ2) is 2.75. The summed E-state index contributed by atoms with van der Waals surface area (Å²) in [5.74, 6) is 0. The van der Waals surface area contributed by atoms with Gasteiger partial charge in [-0.2, -0.15) is 0 Å². The Morgan fingerprint density at radius 3 is 1.75 bits per heavy atom. The second-order valence-corrected chi connectivity index (χ2v) is 9.03. The molecule has 50 valence electrons. The van der Waals surface area contributed by atoms with Gasteiger partial charge in [0.1, 0.15) is 0 Å². The van der Waals surface area contributed by atoms with Crippen molar-refractivity contribution < 1.29 is 8.22 Å². The minimum Gasteiger partial charge on any atom is -0.435 e. The number of halogens is 1. The average molecular weight is 152 g/mol. The van der Waals surface area contributed by atoms with Gasteiger partial charge in [-0.15, -0.1) is 0 Å². The smallest absolute Gasteiger partial charge is 0.355 e. The van der Waals surface area contributed by atoms with Crippen molar-refractivity contribution in [2.75, 3.05) is 0 Å². The van der Waals surface area contributed by atoms with Crippen LogP contribution in [0.4, 0.5) is 4.11 Å². The predicted molar refractivity (Wildman–Crippen MR) is 38.6 cm³/mol. The van der Waals surface area contributed by atoms with Gasteiger partial charge in [-0.3, -0.25) is 4.11 Å². The van der Waals surface area contributed by atoms with E-state index in [1.807, 2.05) is 19.6 Å². The van der Waals surface area contributed by atoms with Gasteiger partial charge in [-0.1, -0.05) is 0 Å². The first kappa shape index (κ1) is 8.32. The fraction of sp³-hybridized carbons (Fsp3) is 1.00. The molecule has 0 aliphatic carbocycles. The Morgan fingerprint density at radius 2 is 1.75 bits per heavy atom. The molecule has 0 aromatic carbocycles. The Balaban J connectivity index is 3.39. The lowest BCUT2D eigenvalue weighted by atomic mass is 11.8. The zero-order valence-corrected chi connectivity index (χ0v) is 8.02. The first-order chi connectivity index (χ1) is 3.42. The molecule has 0 amide bonds. The minimum absolute atomic E-state index is 1.53. The molecule has 0 aromatic rings. The van der Waals surface area contributed by atoms with Gasteiger partial charge in [0.25, 0.3) is 0 Å². The highest BCUT2D eigenvalue weighted by molar-refractivity contribution is 6.75. The van der Waals surface area contributed by atoms with Crippen molar-refractivity contribution in [2.24, 2.45) is 0 Å². The van der Waals surface area contributed by atoms with Crippen molar-refractivity contribution in [3.63, 3.8) is 0 Å². The summed E-state index contributed by atoms with van der Waals surface area (Å²) >= 11 is 0. The largest absolute Gasteiger partial charge is 0.435 e. The standard InChI is InChI=1S/C4H13FOSi2/c1-7(5)6-8(2,3)4/h7H,1-4H3. The summed E-state index contributed by atoms with van der Waals surface area (Å²) in [5, 5.41) is 0. The van der Waals surface area contributed by atoms with Crippen LogP contribution in [0.25, 0.3) is 0 Å². The van der Waals surface area contributed by atoms with E-state index in [1.54, 1.807) is 6.55 Å². The molecule has 8 heavy (non-hydrogen) atoms. The van der Waals surface area contributed by atoms with Gasteiger partial charge < -0.3 is 4.12 Å². The van der Waals surface area contributed by atoms with Crippen LogP contribution in [-0.4, -0.2) is 17.7 Å². The minimum atomic E-state index is -2.23. The summed E-state index contributed by atoms with van der Waals surface area (Å²) in [7, 11) is -3.77. The van der Waals surface area contributed by atoms with Gasteiger partial charge in [-0.05, 0) is 26.2 Å². The maximum atomic E-state index is 12.1. The van der Waals surface area contributed by atoms with Crippen LogP contribution in [0.15, 0.2) is 0 Å². The molecule has 0 rings (SSSR count). The van der Waals surface area contributed by atoms with E-state index in [0.717, 1.165) is 0 Å². The molecule has 0 saturated carbocycles. The SMILES string of the molecule is C[SiH](F)O[Si](C)(C)C. The van der Waals surface area contributed by atoms with Crippen LogP contribution < -0.4 is 0 Å². The van der Waals surface area contributed by atoms with Crippen molar-refractivity contribution in [3.8, 4) is 0 Å². The van der Waals surface area contributed by atoms with E-state index in [1.165, 1.54) is 0 Å². The molecular formula is C4H13FOSi2. The fourth-order valence-corrected chi connectivity index (χ4v) is 4.38. The quantitative estimate of drug-likeness (QED) is 0.432. The van der Waals surface area contributed by atoms with Gasteiger partial charge in [0.2, 0.25) is 0 Å². The monoisotopic (exact) mass is 152 g/mol. The lowest BCUT2D eigenvalue weighted by Crippen LogP contribution is -2.30. The third-order valence-electron chi connectivity index (χ3n) is 0.516. The Bertz CT molecular complexity index is 68.9. The van der Waals surface area contributed by atoms with Gasteiger partial charge in [0, 0.05) is 0 Å². The van der Waals surface area contributed by atoms with Crippen molar-refractivity contribution in [2.45, 2.75) is 26.2 Å². The zero-order chi connectivity index (χ0) is 6.78. The van der Waals surface area contributed by atoms with Crippen LogP contribution in [0.5, 0.6) is 0 Å². The summed E-state index contributed by atoms with van der Waals surface area (Å²) in [5.41, 5.74) is 0. The summed E-state index contributed by atoms with van der Waals surface area (Å²) in [4.78, 5) is 0. The molecule has 0 aliphatic heterocycles.